The zero-order valence-electron chi connectivity index (χ0n) is 8.37. The highest BCUT2D eigenvalue weighted by atomic mass is 16.5. The molecule has 1 rings (SSSR count). The number of rotatable bonds is 4. The molecule has 0 amide bonds. The van der Waals surface area contributed by atoms with Crippen molar-refractivity contribution in [2.24, 2.45) is 0 Å². The van der Waals surface area contributed by atoms with Gasteiger partial charge in [0.05, 0.1) is 13.2 Å². The van der Waals surface area contributed by atoms with Crippen LogP contribution in [0.1, 0.15) is 13.8 Å². The molecule has 0 fully saturated rings. The maximum atomic E-state index is 5.23. The van der Waals surface area contributed by atoms with E-state index in [4.69, 9.17) is 4.74 Å². The predicted octanol–water partition coefficient (Wildman–Crippen LogP) is 1.31. The molecule has 1 heterocycles. The topological polar surface area (TPSA) is 47.0 Å². The highest BCUT2D eigenvalue weighted by molar-refractivity contribution is 5.38. The van der Waals surface area contributed by atoms with Crippen LogP contribution in [0.3, 0.4) is 0 Å². The Bertz CT molecular complexity index is 341. The molecule has 0 aliphatic carbocycles. The minimum Gasteiger partial charge on any atom is -0.478 e. The van der Waals surface area contributed by atoms with E-state index in [0.717, 1.165) is 5.82 Å². The van der Waals surface area contributed by atoms with Crippen LogP contribution in [0.2, 0.25) is 0 Å². The zero-order valence-corrected chi connectivity index (χ0v) is 8.37. The molecule has 0 saturated heterocycles. The summed E-state index contributed by atoms with van der Waals surface area (Å²) >= 11 is 0. The van der Waals surface area contributed by atoms with Gasteiger partial charge in [0.25, 0.3) is 0 Å². The number of ether oxygens (including phenoxy) is 1. The molecule has 14 heavy (non-hydrogen) atoms. The van der Waals surface area contributed by atoms with Crippen molar-refractivity contribution in [3.63, 3.8) is 0 Å². The Hall–Kier alpha value is -1.76. The molecule has 0 radical (unpaired) electrons. The quantitative estimate of drug-likeness (QED) is 0.729. The van der Waals surface area contributed by atoms with E-state index in [9.17, 15) is 0 Å². The van der Waals surface area contributed by atoms with Crippen molar-refractivity contribution >= 4 is 5.82 Å². The normalized spacial score (nSPS) is 8.71. The molecule has 0 saturated carbocycles. The summed E-state index contributed by atoms with van der Waals surface area (Å²) in [4.78, 5) is 7.97. The van der Waals surface area contributed by atoms with Crippen LogP contribution >= 0.6 is 0 Å². The van der Waals surface area contributed by atoms with Crippen LogP contribution in [0.5, 0.6) is 5.88 Å². The summed E-state index contributed by atoms with van der Waals surface area (Å²) in [6.45, 7) is 4.90. The molecular weight excluding hydrogens is 178 g/mol. The lowest BCUT2D eigenvalue weighted by atomic mass is 10.5. The summed E-state index contributed by atoms with van der Waals surface area (Å²) in [6.07, 6.45) is 1.46. The fourth-order valence-corrected chi connectivity index (χ4v) is 0.886. The highest BCUT2D eigenvalue weighted by Gasteiger charge is 1.96. The Labute approximate surface area is 83.7 Å². The second-order valence-electron chi connectivity index (χ2n) is 2.45. The lowest BCUT2D eigenvalue weighted by Gasteiger charge is -2.03. The van der Waals surface area contributed by atoms with Crippen molar-refractivity contribution in [3.05, 3.63) is 12.4 Å². The Balaban J connectivity index is 2.57. The molecule has 0 atom stereocenters. The van der Waals surface area contributed by atoms with Gasteiger partial charge in [-0.1, -0.05) is 5.92 Å². The van der Waals surface area contributed by atoms with Crippen LogP contribution in [0.4, 0.5) is 5.82 Å². The standard InChI is InChI=1S/C10H13N3O/c1-3-5-6-11-9-7-10(14-4-2)13-8-12-9/h7-8H,4,6H2,1-2H3,(H,11,12,13). The molecule has 1 aromatic heterocycles. The first-order valence-corrected chi connectivity index (χ1v) is 4.45. The lowest BCUT2D eigenvalue weighted by molar-refractivity contribution is 0.326. The molecule has 0 spiro atoms. The van der Waals surface area contributed by atoms with Gasteiger partial charge >= 0.3 is 0 Å². The number of nitrogens with zero attached hydrogens (tertiary/aromatic N) is 2. The number of hydrogen-bond donors (Lipinski definition) is 1. The third-order valence-electron chi connectivity index (χ3n) is 1.47. The Kier molecular flexibility index (Phi) is 4.29. The van der Waals surface area contributed by atoms with E-state index >= 15 is 0 Å². The van der Waals surface area contributed by atoms with Crippen LogP contribution in [0, 0.1) is 11.8 Å². The third-order valence-corrected chi connectivity index (χ3v) is 1.47. The number of hydrogen-bond acceptors (Lipinski definition) is 4. The molecule has 1 N–H and O–H groups in total. The van der Waals surface area contributed by atoms with Crippen molar-refractivity contribution in [1.82, 2.24) is 9.97 Å². The van der Waals surface area contributed by atoms with Gasteiger partial charge in [0.2, 0.25) is 5.88 Å². The van der Waals surface area contributed by atoms with E-state index in [0.29, 0.717) is 19.0 Å². The molecular formula is C10H13N3O. The van der Waals surface area contributed by atoms with Gasteiger partial charge in [0.1, 0.15) is 12.1 Å². The first kappa shape index (κ1) is 10.3. The van der Waals surface area contributed by atoms with Crippen LogP contribution < -0.4 is 10.1 Å². The van der Waals surface area contributed by atoms with Crippen LogP contribution in [-0.2, 0) is 0 Å². The second-order valence-corrected chi connectivity index (χ2v) is 2.45. The molecule has 4 heteroatoms. The molecule has 0 aliphatic heterocycles. The van der Waals surface area contributed by atoms with E-state index in [2.05, 4.69) is 27.1 Å². The molecule has 4 nitrogen and oxygen atoms in total. The van der Waals surface area contributed by atoms with Crippen LogP contribution in [0.15, 0.2) is 12.4 Å². The van der Waals surface area contributed by atoms with E-state index in [1.54, 1.807) is 13.0 Å². The van der Waals surface area contributed by atoms with Gasteiger partial charge < -0.3 is 10.1 Å². The molecule has 74 valence electrons. The van der Waals surface area contributed by atoms with Gasteiger partial charge in [0.15, 0.2) is 0 Å². The predicted molar refractivity (Wildman–Crippen MR) is 55.1 cm³/mol. The van der Waals surface area contributed by atoms with Crippen molar-refractivity contribution in [2.45, 2.75) is 13.8 Å². The minimum atomic E-state index is 0.578. The monoisotopic (exact) mass is 191 g/mol. The number of aromatic nitrogens is 2. The summed E-state index contributed by atoms with van der Waals surface area (Å²) in [5, 5.41) is 3.04. The van der Waals surface area contributed by atoms with Gasteiger partial charge in [0, 0.05) is 6.07 Å². The Morgan fingerprint density at radius 2 is 2.36 bits per heavy atom. The highest BCUT2D eigenvalue weighted by Crippen LogP contribution is 2.09. The van der Waals surface area contributed by atoms with Crippen molar-refractivity contribution in [1.29, 1.82) is 0 Å². The van der Waals surface area contributed by atoms with Gasteiger partial charge in [-0.25, -0.2) is 9.97 Å². The van der Waals surface area contributed by atoms with Crippen molar-refractivity contribution in [2.75, 3.05) is 18.5 Å². The van der Waals surface area contributed by atoms with Gasteiger partial charge in [-0.3, -0.25) is 0 Å². The number of nitrogens with one attached hydrogen (secondary N) is 1. The fraction of sp³-hybridized carbons (Fsp3) is 0.400. The summed E-state index contributed by atoms with van der Waals surface area (Å²) in [5.74, 6) is 6.98. The molecule has 0 aromatic carbocycles. The summed E-state index contributed by atoms with van der Waals surface area (Å²) < 4.78 is 5.23. The van der Waals surface area contributed by atoms with Crippen molar-refractivity contribution < 1.29 is 4.74 Å². The van der Waals surface area contributed by atoms with Gasteiger partial charge in [-0.15, -0.1) is 5.92 Å². The van der Waals surface area contributed by atoms with E-state index in [-0.39, 0.29) is 0 Å². The molecule has 0 bridgehead atoms. The van der Waals surface area contributed by atoms with Gasteiger partial charge in [-0.2, -0.15) is 0 Å². The van der Waals surface area contributed by atoms with Crippen molar-refractivity contribution in [3.8, 4) is 17.7 Å². The fourth-order valence-electron chi connectivity index (χ4n) is 0.886. The molecule has 0 aliphatic rings. The average molecular weight is 191 g/mol. The Morgan fingerprint density at radius 3 is 3.07 bits per heavy atom. The zero-order chi connectivity index (χ0) is 10.2. The smallest absolute Gasteiger partial charge is 0.218 e. The van der Waals surface area contributed by atoms with E-state index < -0.39 is 0 Å². The minimum absolute atomic E-state index is 0.578. The largest absolute Gasteiger partial charge is 0.478 e. The SMILES string of the molecule is CC#CCNc1cc(OCC)ncn1. The van der Waals surface area contributed by atoms with E-state index in [1.807, 2.05) is 6.92 Å². The summed E-state index contributed by atoms with van der Waals surface area (Å²) in [5.41, 5.74) is 0. The van der Waals surface area contributed by atoms with Crippen LogP contribution in [-0.4, -0.2) is 23.1 Å². The lowest BCUT2D eigenvalue weighted by Crippen LogP contribution is -2.02. The summed E-state index contributed by atoms with van der Waals surface area (Å²) in [7, 11) is 0. The summed E-state index contributed by atoms with van der Waals surface area (Å²) in [6, 6.07) is 1.75. The van der Waals surface area contributed by atoms with Crippen LogP contribution in [0.25, 0.3) is 0 Å². The maximum Gasteiger partial charge on any atom is 0.218 e. The maximum absolute atomic E-state index is 5.23. The Morgan fingerprint density at radius 1 is 1.50 bits per heavy atom. The van der Waals surface area contributed by atoms with E-state index in [1.165, 1.54) is 6.33 Å². The third kappa shape index (κ3) is 3.31. The molecule has 1 aromatic rings. The molecule has 0 unspecified atom stereocenters. The number of anilines is 1. The first-order valence-electron chi connectivity index (χ1n) is 4.45. The first-order chi connectivity index (χ1) is 6.86. The second kappa shape index (κ2) is 5.81. The average Bonchev–Trinajstić information content (AvgIpc) is 2.19. The van der Waals surface area contributed by atoms with Gasteiger partial charge in [-0.05, 0) is 13.8 Å².